The highest BCUT2D eigenvalue weighted by atomic mass is 16.6. The molecule has 0 bridgehead atoms. The lowest BCUT2D eigenvalue weighted by molar-refractivity contribution is -0.569. The molecule has 1 aliphatic carbocycles. The zero-order chi connectivity index (χ0) is 15.3. The van der Waals surface area contributed by atoms with Crippen molar-refractivity contribution < 1.29 is 19.6 Å². The van der Waals surface area contributed by atoms with Crippen LogP contribution < -0.4 is 0 Å². The van der Waals surface area contributed by atoms with Crippen LogP contribution in [0.3, 0.4) is 0 Å². The van der Waals surface area contributed by atoms with Crippen molar-refractivity contribution >= 4 is 11.4 Å². The molecule has 0 radical (unpaired) electrons. The summed E-state index contributed by atoms with van der Waals surface area (Å²) < 4.78 is 6.11. The number of hydrogen-bond acceptors (Lipinski definition) is 6. The first-order valence-corrected chi connectivity index (χ1v) is 7.05. The summed E-state index contributed by atoms with van der Waals surface area (Å²) in [5, 5.41) is 37.3. The Bertz CT molecular complexity index is 606. The maximum atomic E-state index is 13.0. The van der Waals surface area contributed by atoms with Gasteiger partial charge in [-0.1, -0.05) is 5.16 Å². The normalized spacial score (nSPS) is 31.5. The van der Waals surface area contributed by atoms with Crippen molar-refractivity contribution in [1.29, 1.82) is 0 Å². The highest BCUT2D eigenvalue weighted by Crippen LogP contribution is 2.42. The van der Waals surface area contributed by atoms with E-state index in [4.69, 9.17) is 4.42 Å². The fourth-order valence-corrected chi connectivity index (χ4v) is 3.48. The minimum Gasteiger partial charge on any atom is -0.622 e. The van der Waals surface area contributed by atoms with Gasteiger partial charge in [0.15, 0.2) is 5.76 Å². The van der Waals surface area contributed by atoms with Crippen molar-refractivity contribution in [2.45, 2.75) is 50.7 Å². The number of hydroxylamine groups is 3. The van der Waals surface area contributed by atoms with E-state index in [0.29, 0.717) is 30.0 Å². The molecule has 114 valence electrons. The van der Waals surface area contributed by atoms with E-state index >= 15 is 0 Å². The molecule has 1 spiro atoms. The van der Waals surface area contributed by atoms with Crippen molar-refractivity contribution in [1.82, 2.24) is 5.06 Å². The van der Waals surface area contributed by atoms with Crippen LogP contribution in [0, 0.1) is 5.21 Å². The molecule has 1 aromatic rings. The lowest BCUT2D eigenvalue weighted by Gasteiger charge is -2.38. The highest BCUT2D eigenvalue weighted by Gasteiger charge is 2.66. The standard InChI is InChI=1S/C14H19N3O4/c1-13(2)12(10-6-5-9-21-10)16(19)14(17(13)20)8-4-3-7-11(14)15-18/h5-6,9,18,20H,3-4,7-8H2,1-2H3. The Morgan fingerprint density at radius 2 is 2.19 bits per heavy atom. The predicted octanol–water partition coefficient (Wildman–Crippen LogP) is 2.16. The van der Waals surface area contributed by atoms with E-state index < -0.39 is 11.2 Å². The molecule has 1 saturated carbocycles. The molecule has 7 nitrogen and oxygen atoms in total. The van der Waals surface area contributed by atoms with Crippen LogP contribution in [0.15, 0.2) is 28.0 Å². The number of rotatable bonds is 1. The van der Waals surface area contributed by atoms with Crippen LogP contribution in [0.2, 0.25) is 0 Å². The quantitative estimate of drug-likeness (QED) is 0.358. The van der Waals surface area contributed by atoms with E-state index in [1.54, 1.807) is 26.0 Å². The molecule has 3 rings (SSSR count). The molecule has 7 heteroatoms. The number of furan rings is 1. The Kier molecular flexibility index (Phi) is 3.07. The molecule has 2 heterocycles. The fourth-order valence-electron chi connectivity index (χ4n) is 3.48. The molecule has 0 amide bonds. The number of nitrogens with zero attached hydrogens (tertiary/aromatic N) is 3. The Morgan fingerprint density at radius 3 is 2.81 bits per heavy atom. The first-order valence-electron chi connectivity index (χ1n) is 7.05. The minimum atomic E-state index is -1.35. The largest absolute Gasteiger partial charge is 0.622 e. The van der Waals surface area contributed by atoms with Crippen molar-refractivity contribution in [2.24, 2.45) is 5.16 Å². The van der Waals surface area contributed by atoms with E-state index in [1.165, 1.54) is 6.26 Å². The summed E-state index contributed by atoms with van der Waals surface area (Å²) in [6.07, 6.45) is 3.98. The summed E-state index contributed by atoms with van der Waals surface area (Å²) in [6, 6.07) is 3.38. The van der Waals surface area contributed by atoms with Crippen molar-refractivity contribution in [3.63, 3.8) is 0 Å². The number of oxime groups is 1. The Morgan fingerprint density at radius 1 is 1.43 bits per heavy atom. The molecule has 2 aliphatic rings. The third-order valence-electron chi connectivity index (χ3n) is 4.52. The van der Waals surface area contributed by atoms with Gasteiger partial charge >= 0.3 is 0 Å². The van der Waals surface area contributed by atoms with Crippen LogP contribution in [0.5, 0.6) is 0 Å². The molecule has 1 fully saturated rings. The van der Waals surface area contributed by atoms with E-state index in [1.807, 2.05) is 0 Å². The summed E-state index contributed by atoms with van der Waals surface area (Å²) in [7, 11) is 0. The van der Waals surface area contributed by atoms with Gasteiger partial charge in [0.1, 0.15) is 11.3 Å². The third kappa shape index (κ3) is 1.67. The van der Waals surface area contributed by atoms with Gasteiger partial charge in [-0.2, -0.15) is 4.74 Å². The van der Waals surface area contributed by atoms with Crippen LogP contribution in [-0.4, -0.2) is 42.8 Å². The molecule has 0 saturated heterocycles. The lowest BCUT2D eigenvalue weighted by Crippen LogP contribution is -2.60. The first kappa shape index (κ1) is 14.1. The van der Waals surface area contributed by atoms with Crippen LogP contribution in [0.25, 0.3) is 0 Å². The van der Waals surface area contributed by atoms with Crippen LogP contribution in [0.4, 0.5) is 0 Å². The Labute approximate surface area is 122 Å². The minimum absolute atomic E-state index is 0.292. The molecule has 1 unspecified atom stereocenters. The zero-order valence-electron chi connectivity index (χ0n) is 12.1. The third-order valence-corrected chi connectivity index (χ3v) is 4.52. The average Bonchev–Trinajstić information content (AvgIpc) is 3.03. The van der Waals surface area contributed by atoms with Crippen LogP contribution >= 0.6 is 0 Å². The molecule has 0 aromatic carbocycles. The van der Waals surface area contributed by atoms with Gasteiger partial charge in [0.2, 0.25) is 0 Å². The van der Waals surface area contributed by atoms with Gasteiger partial charge in [-0.3, -0.25) is 0 Å². The SMILES string of the molecule is CC1(C)C(c2ccco2)=[N+]([O-])C2(CCCCC2=NO)N1O. The molecule has 2 N–H and O–H groups in total. The second-order valence-corrected chi connectivity index (χ2v) is 6.06. The summed E-state index contributed by atoms with van der Waals surface area (Å²) in [5.41, 5.74) is -1.68. The van der Waals surface area contributed by atoms with Crippen molar-refractivity contribution in [3.8, 4) is 0 Å². The second kappa shape index (κ2) is 4.57. The van der Waals surface area contributed by atoms with Gasteiger partial charge in [-0.05, 0) is 45.2 Å². The van der Waals surface area contributed by atoms with Gasteiger partial charge in [0, 0.05) is 6.42 Å². The first-order chi connectivity index (χ1) is 9.96. The van der Waals surface area contributed by atoms with Crippen LogP contribution in [-0.2, 0) is 0 Å². The van der Waals surface area contributed by atoms with E-state index in [-0.39, 0.29) is 0 Å². The van der Waals surface area contributed by atoms with Crippen molar-refractivity contribution in [3.05, 3.63) is 29.4 Å². The Hall–Kier alpha value is -1.86. The maximum absolute atomic E-state index is 13.0. The highest BCUT2D eigenvalue weighted by molar-refractivity contribution is 6.05. The molecular formula is C14H19N3O4. The Balaban J connectivity index is 2.23. The van der Waals surface area contributed by atoms with Gasteiger partial charge in [0.05, 0.1) is 6.26 Å². The molecule has 21 heavy (non-hydrogen) atoms. The fraction of sp³-hybridized carbons (Fsp3) is 0.571. The maximum Gasteiger partial charge on any atom is 0.294 e. The molecule has 1 aliphatic heterocycles. The monoisotopic (exact) mass is 293 g/mol. The lowest BCUT2D eigenvalue weighted by atomic mass is 9.86. The van der Waals surface area contributed by atoms with Crippen LogP contribution in [0.1, 0.15) is 45.3 Å². The van der Waals surface area contributed by atoms with E-state index in [0.717, 1.165) is 22.6 Å². The zero-order valence-corrected chi connectivity index (χ0v) is 12.1. The second-order valence-electron chi connectivity index (χ2n) is 6.06. The van der Waals surface area contributed by atoms with E-state index in [9.17, 15) is 15.6 Å². The number of hydrogen-bond donors (Lipinski definition) is 2. The van der Waals surface area contributed by atoms with Gasteiger partial charge in [-0.15, -0.1) is 5.06 Å². The smallest absolute Gasteiger partial charge is 0.294 e. The summed E-state index contributed by atoms with van der Waals surface area (Å²) in [4.78, 5) is 0. The van der Waals surface area contributed by atoms with Gasteiger partial charge in [-0.25, -0.2) is 0 Å². The predicted molar refractivity (Wildman–Crippen MR) is 74.6 cm³/mol. The summed E-state index contributed by atoms with van der Waals surface area (Å²) in [6.45, 7) is 3.49. The molecule has 1 aromatic heterocycles. The summed E-state index contributed by atoms with van der Waals surface area (Å²) >= 11 is 0. The van der Waals surface area contributed by atoms with Gasteiger partial charge < -0.3 is 20.0 Å². The van der Waals surface area contributed by atoms with Gasteiger partial charge in [0.25, 0.3) is 11.4 Å². The average molecular weight is 293 g/mol. The van der Waals surface area contributed by atoms with E-state index in [2.05, 4.69) is 5.16 Å². The molecule has 1 atom stereocenters. The molecular weight excluding hydrogens is 274 g/mol. The van der Waals surface area contributed by atoms with Crippen molar-refractivity contribution in [2.75, 3.05) is 0 Å². The summed E-state index contributed by atoms with van der Waals surface area (Å²) in [5.74, 6) is 0.411. The topological polar surface area (TPSA) is 95.3 Å².